The molecule has 1 fully saturated rings. The van der Waals surface area contributed by atoms with Gasteiger partial charge in [0.05, 0.1) is 0 Å². The number of carbonyl (C=O) groups excluding carboxylic acids is 1. The molecule has 0 spiro atoms. The lowest BCUT2D eigenvalue weighted by atomic mass is 10.0. The Kier molecular flexibility index (Phi) is 5.65. The van der Waals surface area contributed by atoms with Gasteiger partial charge in [-0.05, 0) is 48.4 Å². The summed E-state index contributed by atoms with van der Waals surface area (Å²) in [6, 6.07) is 6.45. The first-order chi connectivity index (χ1) is 9.72. The maximum Gasteiger partial charge on any atom is 0.251 e. The zero-order valence-corrected chi connectivity index (χ0v) is 13.5. The molecule has 1 aromatic carbocycles. The summed E-state index contributed by atoms with van der Waals surface area (Å²) in [5.74, 6) is 0.905. The van der Waals surface area contributed by atoms with E-state index in [0.29, 0.717) is 6.04 Å². The molecular weight excluding hydrogens is 284 g/mol. The monoisotopic (exact) mass is 308 g/mol. The van der Waals surface area contributed by atoms with E-state index in [2.05, 4.69) is 23.6 Å². The maximum atomic E-state index is 12.4. The molecule has 3 rings (SSSR count). The number of hydrogen-bond acceptors (Lipinski definition) is 2. The Morgan fingerprint density at radius 1 is 1.14 bits per heavy atom. The van der Waals surface area contributed by atoms with Crippen LogP contribution in [-0.4, -0.2) is 11.9 Å². The summed E-state index contributed by atoms with van der Waals surface area (Å²) in [5.41, 5.74) is 3.40. The van der Waals surface area contributed by atoms with Crippen LogP contribution in [0.3, 0.4) is 0 Å². The maximum absolute atomic E-state index is 12.4. The van der Waals surface area contributed by atoms with Crippen LogP contribution in [0.15, 0.2) is 18.2 Å². The van der Waals surface area contributed by atoms with E-state index in [1.54, 1.807) is 0 Å². The van der Waals surface area contributed by atoms with E-state index in [1.807, 2.05) is 12.1 Å². The Morgan fingerprint density at radius 3 is 2.81 bits per heavy atom. The highest BCUT2D eigenvalue weighted by Gasteiger charge is 2.19. The predicted octanol–water partition coefficient (Wildman–Crippen LogP) is 3.41. The third kappa shape index (κ3) is 3.98. The van der Waals surface area contributed by atoms with E-state index in [0.717, 1.165) is 37.4 Å². The Hall–Kier alpha value is -1.06. The van der Waals surface area contributed by atoms with Crippen molar-refractivity contribution in [3.63, 3.8) is 0 Å². The molecule has 4 heteroatoms. The average Bonchev–Trinajstić information content (AvgIpc) is 2.82. The number of fused-ring (bicyclic) bond motifs is 1. The first-order valence-electron chi connectivity index (χ1n) is 7.86. The number of nitrogens with one attached hydrogen (secondary N) is 2. The van der Waals surface area contributed by atoms with Crippen LogP contribution in [0.1, 0.15) is 60.5 Å². The van der Waals surface area contributed by atoms with E-state index >= 15 is 0 Å². The fraction of sp³-hybridized carbons (Fsp3) is 0.588. The van der Waals surface area contributed by atoms with Crippen molar-refractivity contribution in [2.24, 2.45) is 5.92 Å². The molecule has 0 radical (unpaired) electrons. The summed E-state index contributed by atoms with van der Waals surface area (Å²) in [6.07, 6.45) is 6.03. The van der Waals surface area contributed by atoms with Crippen LogP contribution in [0.4, 0.5) is 0 Å². The van der Waals surface area contributed by atoms with Gasteiger partial charge in [0.2, 0.25) is 0 Å². The normalized spacial score (nSPS) is 24.6. The highest BCUT2D eigenvalue weighted by molar-refractivity contribution is 5.94. The number of carbonyl (C=O) groups is 1. The van der Waals surface area contributed by atoms with Crippen LogP contribution in [0, 0.1) is 5.92 Å². The SMILES string of the molecule is CC1CCCC(NC(=O)c2ccc3c(c2)CNC3)CC1.Cl. The summed E-state index contributed by atoms with van der Waals surface area (Å²) in [7, 11) is 0. The predicted molar refractivity (Wildman–Crippen MR) is 87.7 cm³/mol. The van der Waals surface area contributed by atoms with Crippen LogP contribution >= 0.6 is 12.4 Å². The van der Waals surface area contributed by atoms with Crippen molar-refractivity contribution in [2.45, 2.75) is 58.2 Å². The van der Waals surface area contributed by atoms with Crippen LogP contribution in [-0.2, 0) is 13.1 Å². The molecule has 2 atom stereocenters. The van der Waals surface area contributed by atoms with E-state index in [4.69, 9.17) is 0 Å². The van der Waals surface area contributed by atoms with Gasteiger partial charge in [0.1, 0.15) is 0 Å². The highest BCUT2D eigenvalue weighted by atomic mass is 35.5. The minimum atomic E-state index is 0. The molecule has 0 saturated heterocycles. The standard InChI is InChI=1S/C17H24N2O.ClH/c1-12-3-2-4-16(8-5-12)19-17(20)13-6-7-14-10-18-11-15(14)9-13;/h6-7,9,12,16,18H,2-5,8,10-11H2,1H3,(H,19,20);1H. The smallest absolute Gasteiger partial charge is 0.251 e. The lowest BCUT2D eigenvalue weighted by Gasteiger charge is -2.16. The number of rotatable bonds is 2. The number of hydrogen-bond donors (Lipinski definition) is 2. The third-order valence-electron chi connectivity index (χ3n) is 4.69. The van der Waals surface area contributed by atoms with E-state index in [-0.39, 0.29) is 18.3 Å². The molecular formula is C17H25ClN2O. The summed E-state index contributed by atoms with van der Waals surface area (Å²) in [4.78, 5) is 12.4. The Bertz CT molecular complexity index is 504. The van der Waals surface area contributed by atoms with Crippen LogP contribution in [0.25, 0.3) is 0 Å². The summed E-state index contributed by atoms with van der Waals surface area (Å²) in [5, 5.41) is 6.54. The lowest BCUT2D eigenvalue weighted by Crippen LogP contribution is -2.34. The second-order valence-corrected chi connectivity index (χ2v) is 6.37. The summed E-state index contributed by atoms with van der Waals surface area (Å²) in [6.45, 7) is 4.13. The van der Waals surface area contributed by atoms with Gasteiger partial charge in [-0.2, -0.15) is 0 Å². The second-order valence-electron chi connectivity index (χ2n) is 6.37. The quantitative estimate of drug-likeness (QED) is 0.822. The van der Waals surface area contributed by atoms with Crippen molar-refractivity contribution >= 4 is 18.3 Å². The minimum Gasteiger partial charge on any atom is -0.349 e. The topological polar surface area (TPSA) is 41.1 Å². The van der Waals surface area contributed by atoms with Crippen LogP contribution in [0.5, 0.6) is 0 Å². The van der Waals surface area contributed by atoms with Gasteiger partial charge in [-0.25, -0.2) is 0 Å². The van der Waals surface area contributed by atoms with Crippen molar-refractivity contribution in [3.05, 3.63) is 34.9 Å². The van der Waals surface area contributed by atoms with Gasteiger partial charge < -0.3 is 10.6 Å². The first kappa shape index (κ1) is 16.3. The van der Waals surface area contributed by atoms with Gasteiger partial charge in [-0.15, -0.1) is 12.4 Å². The largest absolute Gasteiger partial charge is 0.349 e. The number of halogens is 1. The van der Waals surface area contributed by atoms with E-state index in [1.165, 1.54) is 30.4 Å². The van der Waals surface area contributed by atoms with Gasteiger partial charge in [-0.1, -0.05) is 25.8 Å². The highest BCUT2D eigenvalue weighted by Crippen LogP contribution is 2.23. The average molecular weight is 309 g/mol. The minimum absolute atomic E-state index is 0. The summed E-state index contributed by atoms with van der Waals surface area (Å²) < 4.78 is 0. The number of benzene rings is 1. The fourth-order valence-corrected chi connectivity index (χ4v) is 3.34. The van der Waals surface area contributed by atoms with E-state index in [9.17, 15) is 4.79 Å². The van der Waals surface area contributed by atoms with Crippen molar-refractivity contribution < 1.29 is 4.79 Å². The molecule has 2 unspecified atom stereocenters. The molecule has 21 heavy (non-hydrogen) atoms. The van der Waals surface area contributed by atoms with Crippen molar-refractivity contribution in [1.29, 1.82) is 0 Å². The lowest BCUT2D eigenvalue weighted by molar-refractivity contribution is 0.0933. The van der Waals surface area contributed by atoms with Crippen molar-refractivity contribution in [1.82, 2.24) is 10.6 Å². The Labute approximate surface area is 133 Å². The Balaban J connectivity index is 0.00000161. The van der Waals surface area contributed by atoms with Crippen molar-refractivity contribution in [3.8, 4) is 0 Å². The first-order valence-corrected chi connectivity index (χ1v) is 7.86. The van der Waals surface area contributed by atoms with Crippen LogP contribution in [0.2, 0.25) is 0 Å². The molecule has 116 valence electrons. The van der Waals surface area contributed by atoms with Crippen molar-refractivity contribution in [2.75, 3.05) is 0 Å². The van der Waals surface area contributed by atoms with E-state index < -0.39 is 0 Å². The second kappa shape index (κ2) is 7.28. The third-order valence-corrected chi connectivity index (χ3v) is 4.69. The molecule has 1 amide bonds. The zero-order chi connectivity index (χ0) is 13.9. The molecule has 1 aliphatic carbocycles. The zero-order valence-electron chi connectivity index (χ0n) is 12.7. The number of amides is 1. The van der Waals surface area contributed by atoms with Gasteiger partial charge in [-0.3, -0.25) is 4.79 Å². The van der Waals surface area contributed by atoms with Gasteiger partial charge in [0.15, 0.2) is 0 Å². The molecule has 1 heterocycles. The van der Waals surface area contributed by atoms with Gasteiger partial charge in [0, 0.05) is 24.7 Å². The molecule has 1 aliphatic heterocycles. The van der Waals surface area contributed by atoms with Crippen LogP contribution < -0.4 is 10.6 Å². The Morgan fingerprint density at radius 2 is 1.95 bits per heavy atom. The fourth-order valence-electron chi connectivity index (χ4n) is 3.34. The van der Waals surface area contributed by atoms with Gasteiger partial charge in [0.25, 0.3) is 5.91 Å². The van der Waals surface area contributed by atoms with Gasteiger partial charge >= 0.3 is 0 Å². The molecule has 1 saturated carbocycles. The molecule has 0 bridgehead atoms. The summed E-state index contributed by atoms with van der Waals surface area (Å²) >= 11 is 0. The molecule has 0 aromatic heterocycles. The molecule has 1 aromatic rings. The molecule has 2 aliphatic rings. The molecule has 3 nitrogen and oxygen atoms in total. The molecule has 2 N–H and O–H groups in total.